The topological polar surface area (TPSA) is 9.72 Å². The first-order valence-corrected chi connectivity index (χ1v) is 31.3. The second-order valence-corrected chi connectivity index (χ2v) is 25.1. The van der Waals surface area contributed by atoms with Gasteiger partial charge in [-0.3, -0.25) is 28.1 Å². The Kier molecular flexibility index (Phi) is 14.3. The molecule has 3 aliphatic heterocycles. The van der Waals surface area contributed by atoms with Crippen LogP contribution in [-0.2, 0) is 19.6 Å². The number of anilines is 6. The molecular weight excluding hydrogens is 1080 g/mol. The van der Waals surface area contributed by atoms with E-state index in [4.69, 9.17) is 0 Å². The molecule has 0 aliphatic carbocycles. The number of fused-ring (bicyclic) bond motifs is 9. The predicted molar refractivity (Wildman–Crippen MR) is 381 cm³/mol. The van der Waals surface area contributed by atoms with E-state index in [9.17, 15) is 0 Å². The van der Waals surface area contributed by atoms with Gasteiger partial charge in [-0.1, -0.05) is 243 Å². The van der Waals surface area contributed by atoms with Crippen LogP contribution in [0.3, 0.4) is 0 Å². The highest BCUT2D eigenvalue weighted by Gasteiger charge is 2.39. The lowest BCUT2D eigenvalue weighted by Gasteiger charge is -2.44. The monoisotopic (exact) mass is 1150 g/mol. The quantitative estimate of drug-likeness (QED) is 0.0933. The molecular formula is C83H73N6+3. The highest BCUT2D eigenvalue weighted by Crippen LogP contribution is 2.47. The van der Waals surface area contributed by atoms with E-state index in [1.807, 2.05) is 0 Å². The first-order chi connectivity index (χ1) is 43.7. The SMILES string of the molecule is C[N+]1(c2ccccc2)Cc2ccccc2N(c2c3ccccc3cc3ccccc23)C1.C[N+]1(c2ccccc2)Cc2ccccc2N(c2cc3ccccc3c3ccccc23)C1.C[N+]1(c2ccccc2)Cc2ccccc2N(c2cccc3ccccc23)C1. The van der Waals surface area contributed by atoms with Crippen LogP contribution in [0, 0.1) is 0 Å². The van der Waals surface area contributed by atoms with E-state index in [1.54, 1.807) is 0 Å². The van der Waals surface area contributed by atoms with Crippen molar-refractivity contribution in [2.75, 3.05) is 55.8 Å². The third-order valence-electron chi connectivity index (χ3n) is 19.0. The molecule has 89 heavy (non-hydrogen) atoms. The highest BCUT2D eigenvalue weighted by molar-refractivity contribution is 6.14. The molecule has 3 unspecified atom stereocenters. The lowest BCUT2D eigenvalue weighted by molar-refractivity contribution is 0.316. The van der Waals surface area contributed by atoms with Gasteiger partial charge < -0.3 is 0 Å². The molecule has 6 heteroatoms. The van der Waals surface area contributed by atoms with Crippen LogP contribution in [0.4, 0.5) is 51.2 Å². The summed E-state index contributed by atoms with van der Waals surface area (Å²) in [6, 6.07) is 114. The highest BCUT2D eigenvalue weighted by atomic mass is 15.5. The Hall–Kier alpha value is -10.3. The van der Waals surface area contributed by atoms with Gasteiger partial charge in [0.15, 0.2) is 20.0 Å². The fourth-order valence-electron chi connectivity index (χ4n) is 14.6. The number of hydrogen-bond donors (Lipinski definition) is 0. The van der Waals surface area contributed by atoms with Crippen LogP contribution < -0.4 is 28.1 Å². The van der Waals surface area contributed by atoms with Crippen LogP contribution in [0.15, 0.2) is 315 Å². The van der Waals surface area contributed by atoms with Gasteiger partial charge in [0.25, 0.3) is 0 Å². The molecule has 0 aromatic heterocycles. The molecule has 3 aliphatic rings. The summed E-state index contributed by atoms with van der Waals surface area (Å²) in [7, 11) is 7.04. The summed E-state index contributed by atoms with van der Waals surface area (Å²) in [6.45, 7) is 5.67. The van der Waals surface area contributed by atoms with Crippen molar-refractivity contribution in [3.8, 4) is 0 Å². The van der Waals surface area contributed by atoms with Crippen molar-refractivity contribution >= 4 is 105 Å². The standard InChI is InChI=1S/2C29H25N2.C25H23N2/c1-31(25-14-3-2-4-15-25)20-24-13-7-10-18-28(24)30(21-31)29-26-16-8-5-11-22(26)19-23-12-6-9-17-27(23)29;1-31(24-13-3-2-4-14-24)20-23-12-6-10-18-28(23)30(21-31)29-19-22-11-5-7-15-25(22)26-16-8-9-17-27(26)29;1-27(22-13-3-2-4-14-22)18-21-11-6-8-16-24(21)26(19-27)25-17-9-12-20-10-5-7-15-23(20)25/h2*2-19H,20-21H2,1H3;2-17H,18-19H2,1H3/q3*+1. The largest absolute Gasteiger partial charge is 0.293 e. The normalized spacial score (nSPS) is 18.5. The van der Waals surface area contributed by atoms with Crippen LogP contribution >= 0.6 is 0 Å². The molecule has 0 N–H and O–H groups in total. The Morgan fingerprint density at radius 3 is 1.02 bits per heavy atom. The second kappa shape index (κ2) is 23.1. The Morgan fingerprint density at radius 2 is 0.539 bits per heavy atom. The van der Waals surface area contributed by atoms with Crippen molar-refractivity contribution in [1.82, 2.24) is 13.4 Å². The van der Waals surface area contributed by atoms with E-state index < -0.39 is 0 Å². The molecule has 0 amide bonds. The van der Waals surface area contributed by atoms with Gasteiger partial charge >= 0.3 is 0 Å². The fourth-order valence-corrected chi connectivity index (χ4v) is 14.6. The lowest BCUT2D eigenvalue weighted by atomic mass is 9.98. The van der Waals surface area contributed by atoms with Gasteiger partial charge in [0.05, 0.1) is 55.3 Å². The van der Waals surface area contributed by atoms with Crippen molar-refractivity contribution in [2.24, 2.45) is 0 Å². The minimum Gasteiger partial charge on any atom is -0.293 e. The maximum absolute atomic E-state index is 2.55. The van der Waals surface area contributed by atoms with E-state index in [2.05, 4.69) is 351 Å². The van der Waals surface area contributed by atoms with Crippen LogP contribution in [0.5, 0.6) is 0 Å². The predicted octanol–water partition coefficient (Wildman–Crippen LogP) is 20.6. The Balaban J connectivity index is 0.000000112. The zero-order chi connectivity index (χ0) is 59.9. The number of para-hydroxylation sites is 6. The van der Waals surface area contributed by atoms with Crippen LogP contribution in [-0.4, -0.2) is 41.1 Å². The molecule has 0 spiro atoms. The molecule has 3 heterocycles. The molecule has 0 fully saturated rings. The Bertz CT molecular complexity index is 4820. The average Bonchev–Trinajstić information content (AvgIpc) is 0.882. The van der Waals surface area contributed by atoms with Crippen LogP contribution in [0.25, 0.3) is 53.9 Å². The van der Waals surface area contributed by atoms with E-state index in [1.165, 1.54) is 122 Å². The van der Waals surface area contributed by atoms with Gasteiger partial charge in [-0.15, -0.1) is 0 Å². The molecule has 17 rings (SSSR count). The molecule has 0 bridgehead atoms. The molecule has 14 aromatic rings. The molecule has 3 atom stereocenters. The third-order valence-corrected chi connectivity index (χ3v) is 19.0. The van der Waals surface area contributed by atoms with Crippen molar-refractivity contribution in [1.29, 1.82) is 0 Å². The first kappa shape index (κ1) is 55.3. The lowest BCUT2D eigenvalue weighted by Crippen LogP contribution is -2.54. The van der Waals surface area contributed by atoms with Crippen molar-refractivity contribution in [3.05, 3.63) is 332 Å². The van der Waals surface area contributed by atoms with E-state index >= 15 is 0 Å². The molecule has 0 radical (unpaired) electrons. The summed E-state index contributed by atoms with van der Waals surface area (Å²) >= 11 is 0. The molecule has 6 nitrogen and oxygen atoms in total. The summed E-state index contributed by atoms with van der Waals surface area (Å²) < 4.78 is 2.55. The number of hydrogen-bond acceptors (Lipinski definition) is 3. The van der Waals surface area contributed by atoms with Crippen LogP contribution in [0.2, 0.25) is 0 Å². The summed E-state index contributed by atoms with van der Waals surface area (Å²) in [5.74, 6) is 0. The van der Waals surface area contributed by atoms with Gasteiger partial charge in [0.1, 0.15) is 36.7 Å². The Labute approximate surface area is 523 Å². The summed E-state index contributed by atoms with van der Waals surface area (Å²) in [5.41, 5.74) is 16.0. The summed E-state index contributed by atoms with van der Waals surface area (Å²) in [5, 5.41) is 13.0. The van der Waals surface area contributed by atoms with Crippen molar-refractivity contribution < 1.29 is 0 Å². The zero-order valence-corrected chi connectivity index (χ0v) is 50.9. The van der Waals surface area contributed by atoms with Gasteiger partial charge in [-0.25, -0.2) is 0 Å². The number of rotatable bonds is 6. The van der Waals surface area contributed by atoms with E-state index in [0.29, 0.717) is 0 Å². The van der Waals surface area contributed by atoms with Crippen molar-refractivity contribution in [2.45, 2.75) is 19.6 Å². The van der Waals surface area contributed by atoms with Crippen LogP contribution in [0.1, 0.15) is 16.7 Å². The smallest absolute Gasteiger partial charge is 0.163 e. The van der Waals surface area contributed by atoms with Gasteiger partial charge in [0, 0.05) is 38.2 Å². The fraction of sp³-hybridized carbons (Fsp3) is 0.108. The number of benzene rings is 14. The second-order valence-electron chi connectivity index (χ2n) is 25.1. The first-order valence-electron chi connectivity index (χ1n) is 31.3. The van der Waals surface area contributed by atoms with Gasteiger partial charge in [0.2, 0.25) is 0 Å². The molecule has 14 aromatic carbocycles. The maximum atomic E-state index is 2.55. The van der Waals surface area contributed by atoms with E-state index in [0.717, 1.165) is 53.1 Å². The number of nitrogens with zero attached hydrogens (tertiary/aromatic N) is 6. The maximum Gasteiger partial charge on any atom is 0.163 e. The van der Waals surface area contributed by atoms with E-state index in [-0.39, 0.29) is 0 Å². The third kappa shape index (κ3) is 10.3. The van der Waals surface area contributed by atoms with Gasteiger partial charge in [-0.05, 0) is 105 Å². The molecule has 432 valence electrons. The molecule has 0 saturated carbocycles. The minimum absolute atomic E-state index is 0.843. The molecule has 0 saturated heterocycles. The average molecular weight is 1150 g/mol. The Morgan fingerprint density at radius 1 is 0.225 bits per heavy atom. The summed E-state index contributed by atoms with van der Waals surface area (Å²) in [4.78, 5) is 7.57. The zero-order valence-electron chi connectivity index (χ0n) is 50.9. The van der Waals surface area contributed by atoms with Gasteiger partial charge in [-0.2, -0.15) is 0 Å². The number of quaternary nitrogens is 3. The minimum atomic E-state index is 0.843. The van der Waals surface area contributed by atoms with Crippen molar-refractivity contribution in [3.63, 3.8) is 0 Å². The summed E-state index contributed by atoms with van der Waals surface area (Å²) in [6.07, 6.45) is 0.